The quantitative estimate of drug-likeness (QED) is 0.0983. The van der Waals surface area contributed by atoms with Crippen molar-refractivity contribution in [2.24, 2.45) is 34.5 Å². The highest BCUT2D eigenvalue weighted by molar-refractivity contribution is 7.90. The molecule has 4 aliphatic rings. The summed E-state index contributed by atoms with van der Waals surface area (Å²) < 4.78 is 98.5. The summed E-state index contributed by atoms with van der Waals surface area (Å²) in [4.78, 5) is 46.4. The number of amides is 2. The first-order valence-electron chi connectivity index (χ1n) is 24.7. The third-order valence-corrected chi connectivity index (χ3v) is 19.4. The lowest BCUT2D eigenvalue weighted by atomic mass is 9.59. The van der Waals surface area contributed by atoms with E-state index in [1.807, 2.05) is 19.9 Å². The highest BCUT2D eigenvalue weighted by Gasteiger charge is 2.48. The average molecular weight is 1140 g/mol. The molecule has 2 fully saturated rings. The van der Waals surface area contributed by atoms with Crippen LogP contribution >= 0.6 is 11.6 Å². The van der Waals surface area contributed by atoms with Crippen LogP contribution in [0, 0.1) is 45.8 Å². The SMILES string of the molecule is CC(C)COC(=O)c1ncn2c1Nc1cc(C(=O)Nc3cc(S(=O)(=O)N4CCOCC4)ccc3Cl)ccc1S2(=O)=O.CC1CC(C(C)(C)C)C(OC(=O)Nc2ccc3c(c2)S(=O)(=O)n2cnc(C#N)c2N3)C(C(C)(C)C)C1. The molecule has 0 radical (unpaired) electrons. The summed E-state index contributed by atoms with van der Waals surface area (Å²) in [5.74, 6) is -0.513. The van der Waals surface area contributed by atoms with Gasteiger partial charge in [-0.1, -0.05) is 73.9 Å². The van der Waals surface area contributed by atoms with Gasteiger partial charge in [-0.2, -0.15) is 9.57 Å². The molecule has 4 N–H and O–H groups in total. The second-order valence-electron chi connectivity index (χ2n) is 21.9. The number of carbonyl (C=O) groups excluding carboxylic acids is 3. The zero-order chi connectivity index (χ0) is 56.2. The smallest absolute Gasteiger partial charge is 0.411 e. The molecule has 2 aromatic heterocycles. The Hall–Kier alpha value is -6.56. The number of nitrogens with zero attached hydrogens (tertiary/aromatic N) is 6. The third-order valence-electron chi connectivity index (χ3n) is 13.7. The molecule has 5 aromatic rings. The van der Waals surface area contributed by atoms with E-state index in [1.165, 1.54) is 46.8 Å². The number of morpholine rings is 1. The van der Waals surface area contributed by atoms with Gasteiger partial charge in [-0.25, -0.2) is 52.8 Å². The summed E-state index contributed by atoms with van der Waals surface area (Å²) in [6.07, 6.45) is 3.20. The molecule has 2 amide bonds. The number of esters is 1. The van der Waals surface area contributed by atoms with E-state index < -0.39 is 48.0 Å². The molecule has 3 aromatic carbocycles. The average Bonchev–Trinajstić information content (AvgIpc) is 4.06. The minimum Gasteiger partial charge on any atom is -0.461 e. The topological polar surface area (TPSA) is 292 Å². The van der Waals surface area contributed by atoms with Crippen molar-refractivity contribution >= 4 is 94.0 Å². The molecule has 2 atom stereocenters. The molecule has 3 aliphatic heterocycles. The van der Waals surface area contributed by atoms with Crippen molar-refractivity contribution in [1.29, 1.82) is 5.26 Å². The van der Waals surface area contributed by atoms with E-state index in [2.05, 4.69) is 79.7 Å². The normalized spacial score (nSPS) is 20.4. The van der Waals surface area contributed by atoms with Crippen LogP contribution in [0.3, 0.4) is 0 Å². The minimum atomic E-state index is -4.14. The molecule has 0 bridgehead atoms. The molecule has 0 spiro atoms. The summed E-state index contributed by atoms with van der Waals surface area (Å²) in [6.45, 7) is 20.2. The monoisotopic (exact) mass is 1140 g/mol. The molecule has 5 heterocycles. The summed E-state index contributed by atoms with van der Waals surface area (Å²) in [5.41, 5.74) is 0.422. The van der Waals surface area contributed by atoms with Gasteiger partial charge in [0.25, 0.3) is 26.0 Å². The molecule has 412 valence electrons. The van der Waals surface area contributed by atoms with Crippen LogP contribution in [0.15, 0.2) is 81.9 Å². The lowest BCUT2D eigenvalue weighted by molar-refractivity contribution is -0.0830. The fraction of sp³-hybridized carbons (Fsp3) is 0.451. The van der Waals surface area contributed by atoms with Crippen LogP contribution in [0.4, 0.5) is 39.2 Å². The molecule has 1 saturated carbocycles. The van der Waals surface area contributed by atoms with Crippen molar-refractivity contribution in [1.82, 2.24) is 22.2 Å². The van der Waals surface area contributed by atoms with E-state index in [-0.39, 0.29) is 127 Å². The number of aromatic nitrogens is 4. The molecule has 2 unspecified atom stereocenters. The molecule has 1 saturated heterocycles. The summed E-state index contributed by atoms with van der Waals surface area (Å²) in [6, 6.07) is 14.2. The van der Waals surface area contributed by atoms with Crippen LogP contribution in [0.5, 0.6) is 0 Å². The fourth-order valence-electron chi connectivity index (χ4n) is 9.71. The zero-order valence-electron chi connectivity index (χ0n) is 43.9. The highest BCUT2D eigenvalue weighted by Crippen LogP contribution is 2.50. The Morgan fingerprint density at radius 2 is 1.47 bits per heavy atom. The maximum Gasteiger partial charge on any atom is 0.411 e. The van der Waals surface area contributed by atoms with Crippen LogP contribution in [-0.2, 0) is 44.3 Å². The predicted octanol–water partition coefficient (Wildman–Crippen LogP) is 8.64. The molecule has 26 heteroatoms. The van der Waals surface area contributed by atoms with E-state index in [0.717, 1.165) is 33.4 Å². The van der Waals surface area contributed by atoms with Gasteiger partial charge in [0.2, 0.25) is 10.0 Å². The van der Waals surface area contributed by atoms with Crippen LogP contribution in [0.25, 0.3) is 0 Å². The van der Waals surface area contributed by atoms with Gasteiger partial charge in [-0.05, 0) is 90.1 Å². The van der Waals surface area contributed by atoms with Crippen LogP contribution in [0.2, 0.25) is 5.02 Å². The lowest BCUT2D eigenvalue weighted by Crippen LogP contribution is -2.49. The molecule has 77 heavy (non-hydrogen) atoms. The number of nitriles is 1. The van der Waals surface area contributed by atoms with Gasteiger partial charge >= 0.3 is 12.1 Å². The first-order chi connectivity index (χ1) is 36.0. The molecular weight excluding hydrogens is 1080 g/mol. The van der Waals surface area contributed by atoms with Crippen molar-refractivity contribution in [2.45, 2.75) is 95.9 Å². The number of sulfonamides is 1. The van der Waals surface area contributed by atoms with Crippen molar-refractivity contribution in [2.75, 3.05) is 54.2 Å². The number of imidazole rings is 2. The molecule has 1 aliphatic carbocycles. The number of anilines is 6. The van der Waals surface area contributed by atoms with E-state index >= 15 is 0 Å². The van der Waals surface area contributed by atoms with Gasteiger partial charge in [-0.15, -0.1) is 0 Å². The number of hydrogen-bond donors (Lipinski definition) is 4. The fourth-order valence-corrected chi connectivity index (χ4v) is 14.1. The van der Waals surface area contributed by atoms with E-state index in [1.54, 1.807) is 12.1 Å². The number of carbonyl (C=O) groups is 3. The maximum absolute atomic E-state index is 13.2. The summed E-state index contributed by atoms with van der Waals surface area (Å²) in [7, 11) is -12.0. The Bertz CT molecular complexity index is 3510. The number of fused-ring (bicyclic) bond motifs is 4. The van der Waals surface area contributed by atoms with Gasteiger partial charge in [0.05, 0.1) is 46.8 Å². The third kappa shape index (κ3) is 11.5. The minimum absolute atomic E-state index is 0.0152. The Kier molecular flexibility index (Phi) is 15.7. The van der Waals surface area contributed by atoms with Crippen molar-refractivity contribution in [3.05, 3.63) is 89.2 Å². The number of rotatable bonds is 9. The first-order valence-corrected chi connectivity index (χ1v) is 29.4. The van der Waals surface area contributed by atoms with E-state index in [9.17, 15) is 44.9 Å². The van der Waals surface area contributed by atoms with Gasteiger partial charge < -0.3 is 30.2 Å². The highest BCUT2D eigenvalue weighted by atomic mass is 35.5. The van der Waals surface area contributed by atoms with Crippen LogP contribution < -0.4 is 21.3 Å². The first kappa shape index (κ1) is 56.6. The summed E-state index contributed by atoms with van der Waals surface area (Å²) >= 11 is 6.26. The molecular formula is C51H61ClN10O12S3. The Morgan fingerprint density at radius 1 is 0.844 bits per heavy atom. The molecule has 22 nitrogen and oxygen atoms in total. The Morgan fingerprint density at radius 3 is 2.10 bits per heavy atom. The molecule has 9 rings (SSSR count). The number of hydrogen-bond acceptors (Lipinski definition) is 17. The number of nitrogens with one attached hydrogen (secondary N) is 4. The number of halogens is 1. The second kappa shape index (κ2) is 21.3. The van der Waals surface area contributed by atoms with Crippen LogP contribution in [0.1, 0.15) is 102 Å². The summed E-state index contributed by atoms with van der Waals surface area (Å²) in [5, 5.41) is 20.5. The van der Waals surface area contributed by atoms with Crippen molar-refractivity contribution < 1.29 is 53.8 Å². The van der Waals surface area contributed by atoms with E-state index in [4.69, 9.17) is 25.8 Å². The van der Waals surface area contributed by atoms with Gasteiger partial charge in [0.15, 0.2) is 23.0 Å². The van der Waals surface area contributed by atoms with Gasteiger partial charge in [-0.3, -0.25) is 10.1 Å². The van der Waals surface area contributed by atoms with Crippen LogP contribution in [-0.4, -0.2) is 104 Å². The second-order valence-corrected chi connectivity index (χ2v) is 27.8. The lowest BCUT2D eigenvalue weighted by Gasteiger charge is -2.50. The Labute approximate surface area is 453 Å². The van der Waals surface area contributed by atoms with Crippen molar-refractivity contribution in [3.63, 3.8) is 0 Å². The number of benzene rings is 3. The number of ether oxygens (including phenoxy) is 3. The van der Waals surface area contributed by atoms with Crippen molar-refractivity contribution in [3.8, 4) is 6.07 Å². The Balaban J connectivity index is 0.000000205. The van der Waals surface area contributed by atoms with Gasteiger partial charge in [0, 0.05) is 36.2 Å². The van der Waals surface area contributed by atoms with E-state index in [0.29, 0.717) is 17.3 Å². The zero-order valence-corrected chi connectivity index (χ0v) is 47.1. The van der Waals surface area contributed by atoms with Gasteiger partial charge in [0.1, 0.15) is 34.6 Å². The maximum atomic E-state index is 13.2. The standard InChI is InChI=1S/C26H35N5O4S.C25H26ClN5O8S2/c1-15-10-17(25(2,3)4)22(18(11-15)26(5,6)7)35-24(32)29-16-8-9-19-21(12-16)36(33,34)31-14-28-20(13-27)23(31)30-19;1-15(2)13-39-25(33)22-23-28-20-11-16(3-6-21(20)41(36,37)31(23)14-27-22)24(32)29-19-12-17(4-5-18(19)26)40(34,35)30-7-9-38-10-8-30/h8-9,12,14-15,17-18,22,30H,10-11H2,1-7H3,(H,29,32);3-6,11-12,14-15,28H,7-10,13H2,1-2H3,(H,29,32). The largest absolute Gasteiger partial charge is 0.461 e. The predicted molar refractivity (Wildman–Crippen MR) is 286 cm³/mol.